The second-order valence-electron chi connectivity index (χ2n) is 5.53. The number of hydrogen-bond donors (Lipinski definition) is 2. The highest BCUT2D eigenvalue weighted by molar-refractivity contribution is 8.00. The Morgan fingerprint density at radius 1 is 1.47 bits per heavy atom. The van der Waals surface area contributed by atoms with Crippen LogP contribution in [-0.2, 0) is 4.79 Å². The number of carbonyl (C=O) groups excluding carboxylic acids is 1. The van der Waals surface area contributed by atoms with Crippen LogP contribution in [0.15, 0.2) is 23.1 Å². The molecule has 1 atom stereocenters. The van der Waals surface area contributed by atoms with E-state index in [9.17, 15) is 4.79 Å². The van der Waals surface area contributed by atoms with Gasteiger partial charge in [0, 0.05) is 16.1 Å². The van der Waals surface area contributed by atoms with Gasteiger partial charge < -0.3 is 11.1 Å². The van der Waals surface area contributed by atoms with Crippen molar-refractivity contribution in [1.82, 2.24) is 5.32 Å². The van der Waals surface area contributed by atoms with Crippen molar-refractivity contribution in [3.05, 3.63) is 23.8 Å². The summed E-state index contributed by atoms with van der Waals surface area (Å²) in [6.45, 7) is 10.1. The average molecular weight is 280 g/mol. The maximum atomic E-state index is 12.1. The van der Waals surface area contributed by atoms with Crippen LogP contribution in [0.5, 0.6) is 0 Å². The maximum Gasteiger partial charge on any atom is 0.233 e. The molecule has 106 valence electrons. The molecule has 0 aliphatic heterocycles. The number of thioether (sulfide) groups is 1. The molecular weight excluding hydrogens is 256 g/mol. The molecule has 0 aromatic heterocycles. The third kappa shape index (κ3) is 4.78. The van der Waals surface area contributed by atoms with E-state index >= 15 is 0 Å². The first-order chi connectivity index (χ1) is 8.75. The maximum absolute atomic E-state index is 12.1. The van der Waals surface area contributed by atoms with E-state index in [0.29, 0.717) is 0 Å². The first-order valence-electron chi connectivity index (χ1n) is 6.60. The van der Waals surface area contributed by atoms with E-state index in [1.165, 1.54) is 11.8 Å². The lowest BCUT2D eigenvalue weighted by molar-refractivity contribution is -0.121. The Labute approximate surface area is 120 Å². The predicted molar refractivity (Wildman–Crippen MR) is 83.4 cm³/mol. The van der Waals surface area contributed by atoms with Crippen molar-refractivity contribution < 1.29 is 4.79 Å². The van der Waals surface area contributed by atoms with Crippen molar-refractivity contribution in [3.8, 4) is 0 Å². The van der Waals surface area contributed by atoms with Crippen molar-refractivity contribution >= 4 is 23.4 Å². The van der Waals surface area contributed by atoms with Crippen molar-refractivity contribution in [1.29, 1.82) is 0 Å². The van der Waals surface area contributed by atoms with Crippen molar-refractivity contribution in [3.63, 3.8) is 0 Å². The van der Waals surface area contributed by atoms with Crippen LogP contribution in [0, 0.1) is 6.92 Å². The van der Waals surface area contributed by atoms with Crippen molar-refractivity contribution in [2.75, 3.05) is 5.73 Å². The van der Waals surface area contributed by atoms with Crippen molar-refractivity contribution in [2.45, 2.75) is 56.7 Å². The quantitative estimate of drug-likeness (QED) is 0.642. The Morgan fingerprint density at radius 2 is 2.11 bits per heavy atom. The van der Waals surface area contributed by atoms with Crippen LogP contribution >= 0.6 is 11.8 Å². The lowest BCUT2D eigenvalue weighted by Crippen LogP contribution is -2.46. The van der Waals surface area contributed by atoms with E-state index in [-0.39, 0.29) is 16.7 Å². The Hall–Kier alpha value is -1.16. The molecule has 0 saturated carbocycles. The van der Waals surface area contributed by atoms with Crippen LogP contribution in [0.4, 0.5) is 5.69 Å². The summed E-state index contributed by atoms with van der Waals surface area (Å²) < 4.78 is 0. The molecule has 0 aliphatic carbocycles. The standard InChI is InChI=1S/C15H24N2OS/c1-6-15(4,5)17-14(18)11(3)19-13-9-10(2)7-8-12(13)16/h7-9,11H,6,16H2,1-5H3,(H,17,18). The van der Waals surface area contributed by atoms with Crippen LogP contribution in [0.25, 0.3) is 0 Å². The lowest BCUT2D eigenvalue weighted by atomic mass is 10.0. The fraction of sp³-hybridized carbons (Fsp3) is 0.533. The molecule has 1 rings (SSSR count). The van der Waals surface area contributed by atoms with Gasteiger partial charge in [0.05, 0.1) is 5.25 Å². The SMILES string of the molecule is CCC(C)(C)NC(=O)C(C)Sc1cc(C)ccc1N. The predicted octanol–water partition coefficient (Wildman–Crippen LogP) is 3.36. The summed E-state index contributed by atoms with van der Waals surface area (Å²) in [5.74, 6) is 0.0535. The zero-order valence-electron chi connectivity index (χ0n) is 12.4. The molecule has 1 unspecified atom stereocenters. The molecular formula is C15H24N2OS. The molecule has 0 saturated heterocycles. The normalized spacial score (nSPS) is 13.1. The summed E-state index contributed by atoms with van der Waals surface area (Å²) in [6.07, 6.45) is 0.905. The molecule has 3 nitrogen and oxygen atoms in total. The molecule has 0 heterocycles. The van der Waals surface area contributed by atoms with Crippen molar-refractivity contribution in [2.24, 2.45) is 0 Å². The third-order valence-corrected chi connectivity index (χ3v) is 4.36. The number of benzene rings is 1. The Kier molecular flexibility index (Phi) is 5.29. The van der Waals surface area contributed by atoms with Crippen LogP contribution < -0.4 is 11.1 Å². The summed E-state index contributed by atoms with van der Waals surface area (Å²) >= 11 is 1.51. The summed E-state index contributed by atoms with van der Waals surface area (Å²) in [5.41, 5.74) is 7.65. The number of rotatable bonds is 5. The molecule has 0 fully saturated rings. The molecule has 0 spiro atoms. The molecule has 0 bridgehead atoms. The van der Waals surface area contributed by atoms with Crippen LogP contribution in [0.2, 0.25) is 0 Å². The van der Waals surface area contributed by atoms with Gasteiger partial charge in [0.15, 0.2) is 0 Å². The second kappa shape index (κ2) is 6.33. The minimum Gasteiger partial charge on any atom is -0.398 e. The average Bonchev–Trinajstić information content (AvgIpc) is 2.33. The molecule has 3 N–H and O–H groups in total. The van der Waals surface area contributed by atoms with Gasteiger partial charge in [0.2, 0.25) is 5.91 Å². The molecule has 1 amide bonds. The smallest absolute Gasteiger partial charge is 0.233 e. The topological polar surface area (TPSA) is 55.1 Å². The first kappa shape index (κ1) is 15.9. The summed E-state index contributed by atoms with van der Waals surface area (Å²) in [4.78, 5) is 13.1. The fourth-order valence-electron chi connectivity index (χ4n) is 1.51. The van der Waals surface area contributed by atoms with E-state index < -0.39 is 0 Å². The Bertz CT molecular complexity index is 457. The van der Waals surface area contributed by atoms with Gasteiger partial charge in [-0.2, -0.15) is 0 Å². The summed E-state index contributed by atoms with van der Waals surface area (Å²) in [6, 6.07) is 5.89. The van der Waals surface area contributed by atoms with Gasteiger partial charge in [0.25, 0.3) is 0 Å². The monoisotopic (exact) mass is 280 g/mol. The molecule has 0 radical (unpaired) electrons. The van der Waals surface area contributed by atoms with Crippen LogP contribution in [-0.4, -0.2) is 16.7 Å². The minimum atomic E-state index is -0.163. The third-order valence-electron chi connectivity index (χ3n) is 3.19. The largest absolute Gasteiger partial charge is 0.398 e. The van der Waals surface area contributed by atoms with E-state index in [1.807, 2.05) is 45.9 Å². The van der Waals surface area contributed by atoms with E-state index in [1.54, 1.807) is 0 Å². The zero-order valence-corrected chi connectivity index (χ0v) is 13.2. The molecule has 1 aromatic carbocycles. The van der Waals surface area contributed by atoms with E-state index in [0.717, 1.165) is 22.6 Å². The highest BCUT2D eigenvalue weighted by atomic mass is 32.2. The molecule has 19 heavy (non-hydrogen) atoms. The number of carbonyl (C=O) groups is 1. The highest BCUT2D eigenvalue weighted by Gasteiger charge is 2.22. The molecule has 4 heteroatoms. The first-order valence-corrected chi connectivity index (χ1v) is 7.48. The van der Waals surface area contributed by atoms with Gasteiger partial charge in [-0.05, 0) is 51.8 Å². The highest BCUT2D eigenvalue weighted by Crippen LogP contribution is 2.30. The van der Waals surface area contributed by atoms with Gasteiger partial charge >= 0.3 is 0 Å². The lowest BCUT2D eigenvalue weighted by Gasteiger charge is -2.26. The Balaban J connectivity index is 2.71. The van der Waals surface area contributed by atoms with Gasteiger partial charge in [-0.25, -0.2) is 0 Å². The van der Waals surface area contributed by atoms with E-state index in [2.05, 4.69) is 12.2 Å². The van der Waals surface area contributed by atoms with E-state index in [4.69, 9.17) is 5.73 Å². The van der Waals surface area contributed by atoms with Crippen LogP contribution in [0.3, 0.4) is 0 Å². The van der Waals surface area contributed by atoms with Gasteiger partial charge in [-0.3, -0.25) is 4.79 Å². The number of nitrogens with one attached hydrogen (secondary N) is 1. The van der Waals surface area contributed by atoms with Gasteiger partial charge in [0.1, 0.15) is 0 Å². The number of amides is 1. The Morgan fingerprint density at radius 3 is 2.68 bits per heavy atom. The molecule has 1 aromatic rings. The van der Waals surface area contributed by atoms with Gasteiger partial charge in [-0.15, -0.1) is 11.8 Å². The fourth-order valence-corrected chi connectivity index (χ4v) is 2.52. The number of nitrogens with two attached hydrogens (primary N) is 1. The number of aryl methyl sites for hydroxylation is 1. The van der Waals surface area contributed by atoms with Crippen LogP contribution in [0.1, 0.15) is 39.7 Å². The number of anilines is 1. The molecule has 0 aliphatic rings. The number of nitrogen functional groups attached to an aromatic ring is 1. The number of hydrogen-bond acceptors (Lipinski definition) is 3. The minimum absolute atomic E-state index is 0.0535. The zero-order chi connectivity index (χ0) is 14.6. The van der Waals surface area contributed by atoms with Gasteiger partial charge in [-0.1, -0.05) is 13.0 Å². The summed E-state index contributed by atoms with van der Waals surface area (Å²) in [7, 11) is 0. The summed E-state index contributed by atoms with van der Waals surface area (Å²) in [5, 5.41) is 2.90. The second-order valence-corrected chi connectivity index (χ2v) is 6.91.